The molecule has 4 rings (SSSR count). The Hall–Kier alpha value is -3.20. The number of hydrogen-bond acceptors (Lipinski definition) is 4. The normalized spacial score (nSPS) is 11.1. The maximum Gasteiger partial charge on any atom is 0.254 e. The van der Waals surface area contributed by atoms with E-state index < -0.39 is 34.7 Å². The summed E-state index contributed by atoms with van der Waals surface area (Å²) in [6.45, 7) is -0.163. The monoisotopic (exact) mass is 406 g/mol. The molecule has 0 saturated heterocycles. The molecule has 0 atom stereocenters. The molecular formula is C19H10F4N2O2S. The maximum atomic E-state index is 13.7. The first kappa shape index (κ1) is 18.2. The van der Waals surface area contributed by atoms with E-state index >= 15 is 0 Å². The first-order valence-corrected chi connectivity index (χ1v) is 8.81. The van der Waals surface area contributed by atoms with E-state index in [1.165, 1.54) is 11.3 Å². The Morgan fingerprint density at radius 2 is 1.82 bits per heavy atom. The van der Waals surface area contributed by atoms with Gasteiger partial charge in [0.15, 0.2) is 34.0 Å². The summed E-state index contributed by atoms with van der Waals surface area (Å²) in [7, 11) is 0. The fourth-order valence-corrected chi connectivity index (χ4v) is 3.49. The van der Waals surface area contributed by atoms with Crippen LogP contribution in [-0.4, -0.2) is 10.9 Å². The third-order valence-electron chi connectivity index (χ3n) is 3.94. The highest BCUT2D eigenvalue weighted by Gasteiger charge is 2.23. The van der Waals surface area contributed by atoms with Crippen molar-refractivity contribution in [2.24, 2.45) is 0 Å². The van der Waals surface area contributed by atoms with Crippen LogP contribution < -0.4 is 5.32 Å². The van der Waals surface area contributed by atoms with Crippen LogP contribution in [0.1, 0.15) is 16.1 Å². The molecular weight excluding hydrogens is 396 g/mol. The van der Waals surface area contributed by atoms with E-state index in [0.717, 1.165) is 10.2 Å². The molecule has 0 bridgehead atoms. The number of amides is 1. The highest BCUT2D eigenvalue weighted by atomic mass is 32.1. The molecule has 1 N–H and O–H groups in total. The van der Waals surface area contributed by atoms with Gasteiger partial charge in [-0.15, -0.1) is 11.3 Å². The molecule has 4 aromatic rings. The fourth-order valence-electron chi connectivity index (χ4n) is 2.57. The van der Waals surface area contributed by atoms with Crippen molar-refractivity contribution in [2.75, 3.05) is 0 Å². The minimum Gasteiger partial charge on any atom is -0.457 e. The molecule has 2 aromatic heterocycles. The van der Waals surface area contributed by atoms with E-state index in [9.17, 15) is 22.4 Å². The number of benzene rings is 2. The van der Waals surface area contributed by atoms with Crippen molar-refractivity contribution in [1.29, 1.82) is 0 Å². The van der Waals surface area contributed by atoms with Crippen molar-refractivity contribution >= 4 is 27.5 Å². The summed E-state index contributed by atoms with van der Waals surface area (Å²) in [6, 6.07) is 11.1. The Morgan fingerprint density at radius 3 is 2.61 bits per heavy atom. The van der Waals surface area contributed by atoms with Crippen LogP contribution in [0, 0.1) is 23.3 Å². The second kappa shape index (κ2) is 7.08. The summed E-state index contributed by atoms with van der Waals surface area (Å²) in [5.74, 6) is -7.72. The van der Waals surface area contributed by atoms with E-state index in [2.05, 4.69) is 10.3 Å². The third kappa shape index (κ3) is 3.24. The zero-order valence-electron chi connectivity index (χ0n) is 13.9. The number of nitrogens with zero attached hydrogens (tertiary/aromatic N) is 1. The number of hydrogen-bond donors (Lipinski definition) is 1. The van der Waals surface area contributed by atoms with E-state index in [0.29, 0.717) is 22.6 Å². The Kier molecular flexibility index (Phi) is 4.60. The summed E-state index contributed by atoms with van der Waals surface area (Å²) < 4.78 is 59.8. The molecule has 0 saturated carbocycles. The number of para-hydroxylation sites is 1. The molecule has 2 aromatic carbocycles. The summed E-state index contributed by atoms with van der Waals surface area (Å²) in [5.41, 5.74) is -0.112. The SMILES string of the molecule is O=C(NCc1ccc(-c2nc3ccccc3s2)o1)c1cc(F)c(F)c(F)c1F. The van der Waals surface area contributed by atoms with Crippen LogP contribution in [0.5, 0.6) is 0 Å². The van der Waals surface area contributed by atoms with Crippen molar-refractivity contribution in [1.82, 2.24) is 10.3 Å². The van der Waals surface area contributed by atoms with Gasteiger partial charge in [0.05, 0.1) is 22.3 Å². The summed E-state index contributed by atoms with van der Waals surface area (Å²) in [4.78, 5) is 16.4. The molecule has 9 heteroatoms. The quantitative estimate of drug-likeness (QED) is 0.293. The molecule has 142 valence electrons. The largest absolute Gasteiger partial charge is 0.457 e. The zero-order chi connectivity index (χ0) is 19.8. The highest BCUT2D eigenvalue weighted by molar-refractivity contribution is 7.21. The summed E-state index contributed by atoms with van der Waals surface area (Å²) in [5, 5.41) is 2.92. The number of carbonyl (C=O) groups is 1. The number of nitrogens with one attached hydrogen (secondary N) is 1. The molecule has 28 heavy (non-hydrogen) atoms. The molecule has 0 aliphatic heterocycles. The lowest BCUT2D eigenvalue weighted by Gasteiger charge is -2.06. The van der Waals surface area contributed by atoms with Gasteiger partial charge < -0.3 is 9.73 Å². The van der Waals surface area contributed by atoms with Gasteiger partial charge in [0.2, 0.25) is 0 Å². The summed E-state index contributed by atoms with van der Waals surface area (Å²) >= 11 is 1.43. The van der Waals surface area contributed by atoms with Crippen LogP contribution >= 0.6 is 11.3 Å². The smallest absolute Gasteiger partial charge is 0.254 e. The number of halogens is 4. The van der Waals surface area contributed by atoms with Crippen molar-refractivity contribution in [3.63, 3.8) is 0 Å². The first-order valence-electron chi connectivity index (χ1n) is 8.00. The maximum absolute atomic E-state index is 13.7. The number of fused-ring (bicyclic) bond motifs is 1. The van der Waals surface area contributed by atoms with E-state index in [4.69, 9.17) is 4.42 Å². The van der Waals surface area contributed by atoms with Gasteiger partial charge in [0, 0.05) is 0 Å². The fraction of sp³-hybridized carbons (Fsp3) is 0.0526. The van der Waals surface area contributed by atoms with Crippen molar-refractivity contribution in [3.8, 4) is 10.8 Å². The Labute approximate surface area is 159 Å². The van der Waals surface area contributed by atoms with Crippen molar-refractivity contribution in [2.45, 2.75) is 6.54 Å². The van der Waals surface area contributed by atoms with E-state index in [-0.39, 0.29) is 6.54 Å². The van der Waals surface area contributed by atoms with Gasteiger partial charge in [-0.05, 0) is 30.3 Å². The van der Waals surface area contributed by atoms with Crippen LogP contribution in [0.3, 0.4) is 0 Å². The predicted octanol–water partition coefficient (Wildman–Crippen LogP) is 5.04. The average Bonchev–Trinajstić information content (AvgIpc) is 3.33. The molecule has 0 radical (unpaired) electrons. The number of rotatable bonds is 4. The molecule has 0 aliphatic carbocycles. The third-order valence-corrected chi connectivity index (χ3v) is 4.99. The van der Waals surface area contributed by atoms with Crippen LogP contribution in [0.15, 0.2) is 46.9 Å². The minimum absolute atomic E-state index is 0.163. The van der Waals surface area contributed by atoms with Crippen molar-refractivity contribution < 1.29 is 26.8 Å². The van der Waals surface area contributed by atoms with Crippen LogP contribution in [-0.2, 0) is 6.54 Å². The Bertz CT molecular complexity index is 1170. The molecule has 0 aliphatic rings. The number of thiazole rings is 1. The lowest BCUT2D eigenvalue weighted by molar-refractivity contribution is 0.0942. The zero-order valence-corrected chi connectivity index (χ0v) is 14.7. The van der Waals surface area contributed by atoms with Gasteiger partial charge in [-0.25, -0.2) is 22.5 Å². The molecule has 0 spiro atoms. The second-order valence-corrected chi connectivity index (χ2v) is 6.81. The molecule has 4 nitrogen and oxygen atoms in total. The second-order valence-electron chi connectivity index (χ2n) is 5.78. The minimum atomic E-state index is -2.04. The number of carbonyl (C=O) groups excluding carboxylic acids is 1. The van der Waals surface area contributed by atoms with Gasteiger partial charge in [-0.2, -0.15) is 0 Å². The predicted molar refractivity (Wildman–Crippen MR) is 94.8 cm³/mol. The topological polar surface area (TPSA) is 55.1 Å². The van der Waals surface area contributed by atoms with Gasteiger partial charge in [-0.3, -0.25) is 4.79 Å². The number of aromatic nitrogens is 1. The van der Waals surface area contributed by atoms with Crippen LogP contribution in [0.25, 0.3) is 21.0 Å². The van der Waals surface area contributed by atoms with Crippen LogP contribution in [0.2, 0.25) is 0 Å². The van der Waals surface area contributed by atoms with E-state index in [1.807, 2.05) is 24.3 Å². The number of furan rings is 1. The van der Waals surface area contributed by atoms with Gasteiger partial charge in [0.1, 0.15) is 5.76 Å². The lowest BCUT2D eigenvalue weighted by Crippen LogP contribution is -2.24. The van der Waals surface area contributed by atoms with Gasteiger partial charge in [0.25, 0.3) is 5.91 Å². The molecule has 1 amide bonds. The van der Waals surface area contributed by atoms with Crippen LogP contribution in [0.4, 0.5) is 17.6 Å². The van der Waals surface area contributed by atoms with E-state index in [1.54, 1.807) is 12.1 Å². The first-order chi connectivity index (χ1) is 13.4. The lowest BCUT2D eigenvalue weighted by atomic mass is 10.1. The highest BCUT2D eigenvalue weighted by Crippen LogP contribution is 2.31. The molecule has 2 heterocycles. The Morgan fingerprint density at radius 1 is 1.04 bits per heavy atom. The summed E-state index contributed by atoms with van der Waals surface area (Å²) in [6.07, 6.45) is 0. The molecule has 0 unspecified atom stereocenters. The standard InChI is InChI=1S/C19H10F4N2O2S/c20-11-7-10(15(21)17(23)16(11)22)18(26)24-8-9-5-6-13(27-9)19-25-12-3-1-2-4-14(12)28-19/h1-7H,8H2,(H,24,26). The van der Waals surface area contributed by atoms with Gasteiger partial charge >= 0.3 is 0 Å². The van der Waals surface area contributed by atoms with Crippen molar-refractivity contribution in [3.05, 3.63) is 77.1 Å². The van der Waals surface area contributed by atoms with Gasteiger partial charge in [-0.1, -0.05) is 12.1 Å². The Balaban J connectivity index is 1.50. The molecule has 0 fully saturated rings. The average molecular weight is 406 g/mol.